The van der Waals surface area contributed by atoms with Gasteiger partial charge in [-0.1, -0.05) is 69.5 Å². The molecule has 1 saturated heterocycles. The number of amidine groups is 1. The summed E-state index contributed by atoms with van der Waals surface area (Å²) in [6.45, 7) is 3.76. The number of anilines is 1. The maximum absolute atomic E-state index is 13.9. The van der Waals surface area contributed by atoms with E-state index in [1.165, 1.54) is 17.0 Å². The first-order chi connectivity index (χ1) is 19.9. The molecule has 0 saturated carbocycles. The highest BCUT2D eigenvalue weighted by Crippen LogP contribution is 2.42. The monoisotopic (exact) mass is 764 g/mol. The van der Waals surface area contributed by atoms with Crippen molar-refractivity contribution in [3.05, 3.63) is 119 Å². The van der Waals surface area contributed by atoms with Crippen molar-refractivity contribution in [2.24, 2.45) is 4.99 Å². The minimum atomic E-state index is -4.17. The summed E-state index contributed by atoms with van der Waals surface area (Å²) in [4.78, 5) is 20.4. The predicted octanol–water partition coefficient (Wildman–Crippen LogP) is 9.71. The molecule has 12 heteroatoms. The van der Waals surface area contributed by atoms with E-state index in [0.717, 1.165) is 22.9 Å². The number of nitrogens with zero attached hydrogens (tertiary/aromatic N) is 2. The van der Waals surface area contributed by atoms with Crippen molar-refractivity contribution in [1.82, 2.24) is 0 Å². The van der Waals surface area contributed by atoms with E-state index in [9.17, 15) is 13.2 Å². The number of aliphatic imine (C=N–C) groups is 1. The second-order valence-corrected chi connectivity index (χ2v) is 14.3. The van der Waals surface area contributed by atoms with Gasteiger partial charge in [0.2, 0.25) is 0 Å². The Morgan fingerprint density at radius 1 is 0.905 bits per heavy atom. The second-order valence-electron chi connectivity index (χ2n) is 9.17. The van der Waals surface area contributed by atoms with Gasteiger partial charge in [-0.05, 0) is 107 Å². The molecule has 0 N–H and O–H groups in total. The lowest BCUT2D eigenvalue weighted by atomic mass is 10.1. The summed E-state index contributed by atoms with van der Waals surface area (Å²) in [5.74, 6) is -0.339. The van der Waals surface area contributed by atoms with Gasteiger partial charge in [0, 0.05) is 20.1 Å². The summed E-state index contributed by atoms with van der Waals surface area (Å²) in [7, 11) is -4.17. The molecule has 4 aromatic rings. The topological polar surface area (TPSA) is 76.0 Å². The van der Waals surface area contributed by atoms with Crippen LogP contribution in [0.4, 0.5) is 11.4 Å². The molecule has 0 unspecified atom stereocenters. The van der Waals surface area contributed by atoms with E-state index in [1.54, 1.807) is 54.6 Å². The average molecular weight is 767 g/mol. The standard InChI is InChI=1S/C30H20Br2Cl2N2O4S2/c1-17-8-10-21(15-25(17)33)35-30-36(22-11-9-18(2)26(34)16-22)29(37)27(41-30)13-19-12-20(31)14-24(32)28(19)40-42(38,39)23-6-4-3-5-7-23/h3-16H,1-2H3/b27-13+,35-30?. The van der Waals surface area contributed by atoms with Gasteiger partial charge in [0.15, 0.2) is 10.9 Å². The first kappa shape index (κ1) is 30.8. The number of rotatable bonds is 6. The fraction of sp³-hybridized carbons (Fsp3) is 0.0667. The maximum atomic E-state index is 13.9. The van der Waals surface area contributed by atoms with Crippen molar-refractivity contribution in [2.75, 3.05) is 4.90 Å². The van der Waals surface area contributed by atoms with Gasteiger partial charge in [-0.2, -0.15) is 8.42 Å². The van der Waals surface area contributed by atoms with Gasteiger partial charge in [0.1, 0.15) is 4.90 Å². The molecule has 0 radical (unpaired) electrons. The number of hydrogen-bond acceptors (Lipinski definition) is 6. The van der Waals surface area contributed by atoms with Crippen LogP contribution in [0.3, 0.4) is 0 Å². The number of thioether (sulfide) groups is 1. The van der Waals surface area contributed by atoms with Crippen LogP contribution in [0, 0.1) is 13.8 Å². The summed E-state index contributed by atoms with van der Waals surface area (Å²) in [6.07, 6.45) is 1.58. The van der Waals surface area contributed by atoms with E-state index >= 15 is 0 Å². The molecule has 0 aromatic heterocycles. The Morgan fingerprint density at radius 2 is 1.57 bits per heavy atom. The van der Waals surface area contributed by atoms with Crippen molar-refractivity contribution in [2.45, 2.75) is 18.7 Å². The van der Waals surface area contributed by atoms with Gasteiger partial charge in [0.25, 0.3) is 5.91 Å². The molecule has 214 valence electrons. The highest BCUT2D eigenvalue weighted by Gasteiger charge is 2.35. The van der Waals surface area contributed by atoms with Crippen LogP contribution in [-0.2, 0) is 14.9 Å². The third-order valence-electron chi connectivity index (χ3n) is 6.15. The van der Waals surface area contributed by atoms with Gasteiger partial charge in [-0.15, -0.1) is 0 Å². The van der Waals surface area contributed by atoms with Crippen LogP contribution in [0.5, 0.6) is 5.75 Å². The van der Waals surface area contributed by atoms with E-state index in [4.69, 9.17) is 32.4 Å². The summed E-state index contributed by atoms with van der Waals surface area (Å²) < 4.78 is 32.8. The molecule has 0 spiro atoms. The first-order valence-electron chi connectivity index (χ1n) is 12.3. The van der Waals surface area contributed by atoms with Crippen LogP contribution >= 0.6 is 66.8 Å². The van der Waals surface area contributed by atoms with E-state index in [0.29, 0.717) is 41.1 Å². The fourth-order valence-corrected chi connectivity index (χ4v) is 7.70. The molecule has 0 aliphatic carbocycles. The minimum Gasteiger partial charge on any atom is -0.377 e. The molecule has 1 amide bonds. The van der Waals surface area contributed by atoms with Gasteiger partial charge in [0.05, 0.1) is 20.8 Å². The van der Waals surface area contributed by atoms with Crippen molar-refractivity contribution in [1.29, 1.82) is 0 Å². The Kier molecular flexibility index (Phi) is 9.22. The number of carbonyl (C=O) groups excluding carboxylic acids is 1. The van der Waals surface area contributed by atoms with E-state index in [1.807, 2.05) is 32.0 Å². The van der Waals surface area contributed by atoms with Crippen LogP contribution < -0.4 is 9.08 Å². The Balaban J connectivity index is 1.62. The maximum Gasteiger partial charge on any atom is 0.339 e. The zero-order valence-corrected chi connectivity index (χ0v) is 28.3. The number of benzene rings is 4. The lowest BCUT2D eigenvalue weighted by Crippen LogP contribution is -2.28. The predicted molar refractivity (Wildman–Crippen MR) is 179 cm³/mol. The van der Waals surface area contributed by atoms with Crippen molar-refractivity contribution >= 4 is 105 Å². The van der Waals surface area contributed by atoms with Gasteiger partial charge >= 0.3 is 10.1 Å². The minimum absolute atomic E-state index is 0.00153. The Hall–Kier alpha value is -2.60. The molecule has 0 bridgehead atoms. The lowest BCUT2D eigenvalue weighted by molar-refractivity contribution is -0.113. The summed E-state index contributed by atoms with van der Waals surface area (Å²) >= 11 is 20.8. The summed E-state index contributed by atoms with van der Waals surface area (Å²) in [5.41, 5.74) is 3.21. The molecule has 1 fully saturated rings. The van der Waals surface area contributed by atoms with Gasteiger partial charge < -0.3 is 4.18 Å². The van der Waals surface area contributed by atoms with E-state index in [2.05, 4.69) is 31.9 Å². The normalized spacial score (nSPS) is 15.6. The summed E-state index contributed by atoms with van der Waals surface area (Å²) in [5, 5.41) is 1.42. The fourth-order valence-electron chi connectivity index (χ4n) is 3.92. The quantitative estimate of drug-likeness (QED) is 0.144. The molecule has 6 nitrogen and oxygen atoms in total. The molecule has 42 heavy (non-hydrogen) atoms. The Morgan fingerprint density at radius 3 is 2.24 bits per heavy atom. The largest absolute Gasteiger partial charge is 0.377 e. The Labute approximate surface area is 274 Å². The third kappa shape index (κ3) is 6.64. The molecular formula is C30H20Br2Cl2N2O4S2. The van der Waals surface area contributed by atoms with Crippen LogP contribution in [0.25, 0.3) is 6.08 Å². The number of aryl methyl sites for hydroxylation is 2. The molecule has 4 aromatic carbocycles. The highest BCUT2D eigenvalue weighted by molar-refractivity contribution is 9.11. The van der Waals surface area contributed by atoms with Crippen molar-refractivity contribution in [3.63, 3.8) is 0 Å². The molecule has 1 aliphatic heterocycles. The van der Waals surface area contributed by atoms with Gasteiger partial charge in [-0.25, -0.2) is 4.99 Å². The lowest BCUT2D eigenvalue weighted by Gasteiger charge is -2.17. The van der Waals surface area contributed by atoms with Gasteiger partial charge in [-0.3, -0.25) is 9.69 Å². The van der Waals surface area contributed by atoms with Crippen LogP contribution in [0.15, 0.2) is 103 Å². The number of amides is 1. The molecule has 0 atom stereocenters. The summed E-state index contributed by atoms with van der Waals surface area (Å²) in [6, 6.07) is 21.9. The molecule has 1 heterocycles. The smallest absolute Gasteiger partial charge is 0.339 e. The Bertz CT molecular complexity index is 1900. The zero-order valence-electron chi connectivity index (χ0n) is 21.9. The molecular weight excluding hydrogens is 747 g/mol. The molecule has 1 aliphatic rings. The first-order valence-corrected chi connectivity index (χ1v) is 16.8. The zero-order chi connectivity index (χ0) is 30.2. The van der Waals surface area contributed by atoms with Crippen LogP contribution in [0.1, 0.15) is 16.7 Å². The highest BCUT2D eigenvalue weighted by atomic mass is 79.9. The van der Waals surface area contributed by atoms with Crippen LogP contribution in [0.2, 0.25) is 10.0 Å². The van der Waals surface area contributed by atoms with E-state index < -0.39 is 10.1 Å². The molecule has 5 rings (SSSR count). The average Bonchev–Trinajstić information content (AvgIpc) is 3.24. The third-order valence-corrected chi connectivity index (χ3v) is 10.2. The number of carbonyl (C=O) groups is 1. The van der Waals surface area contributed by atoms with Crippen molar-refractivity contribution in [3.8, 4) is 5.75 Å². The second kappa shape index (κ2) is 12.6. The van der Waals surface area contributed by atoms with E-state index in [-0.39, 0.29) is 21.5 Å². The van der Waals surface area contributed by atoms with Crippen molar-refractivity contribution < 1.29 is 17.4 Å². The van der Waals surface area contributed by atoms with Crippen LogP contribution in [-0.4, -0.2) is 19.5 Å². The number of hydrogen-bond donors (Lipinski definition) is 0. The number of halogens is 4. The SMILES string of the molecule is Cc1ccc(N=C2S/C(=C/c3cc(Br)cc(Br)c3OS(=O)(=O)c3ccccc3)C(=O)N2c2ccc(C)c(Cl)c2)cc1Cl.